The van der Waals surface area contributed by atoms with Gasteiger partial charge in [0.05, 0.1) is 12.7 Å². The molecule has 2 rings (SSSR count). The molecule has 2 aromatic rings. The second kappa shape index (κ2) is 6.78. The van der Waals surface area contributed by atoms with Crippen LogP contribution in [0.1, 0.15) is 31.1 Å². The van der Waals surface area contributed by atoms with Crippen molar-refractivity contribution < 1.29 is 19.1 Å². The van der Waals surface area contributed by atoms with Gasteiger partial charge in [0.2, 0.25) is 0 Å². The lowest BCUT2D eigenvalue weighted by molar-refractivity contribution is 0.0602. The summed E-state index contributed by atoms with van der Waals surface area (Å²) < 4.78 is 9.99. The molecule has 0 aliphatic carbocycles. The van der Waals surface area contributed by atoms with Crippen LogP contribution in [0.5, 0.6) is 0 Å². The Morgan fingerprint density at radius 2 is 1.87 bits per heavy atom. The Hall–Kier alpha value is -2.41. The van der Waals surface area contributed by atoms with Gasteiger partial charge in [0, 0.05) is 17.3 Å². The number of ether oxygens (including phenoxy) is 2. The number of carbonyl (C=O) groups is 2. The zero-order valence-electron chi connectivity index (χ0n) is 13.4. The molecule has 23 heavy (non-hydrogen) atoms. The van der Waals surface area contributed by atoms with E-state index in [0.717, 1.165) is 10.4 Å². The van der Waals surface area contributed by atoms with E-state index in [1.165, 1.54) is 18.4 Å². The van der Waals surface area contributed by atoms with Crippen molar-refractivity contribution in [3.8, 4) is 10.4 Å². The van der Waals surface area contributed by atoms with Gasteiger partial charge in [-0.3, -0.25) is 10.3 Å². The molecular weight excluding hydrogens is 316 g/mol. The summed E-state index contributed by atoms with van der Waals surface area (Å²) in [7, 11) is 1.30. The van der Waals surface area contributed by atoms with Gasteiger partial charge in [-0.1, -0.05) is 0 Å². The number of amides is 1. The van der Waals surface area contributed by atoms with Gasteiger partial charge in [-0.2, -0.15) is 0 Å². The molecular formula is C16H18N2O4S. The Morgan fingerprint density at radius 1 is 1.22 bits per heavy atom. The summed E-state index contributed by atoms with van der Waals surface area (Å²) in [5.74, 6) is -0.521. The van der Waals surface area contributed by atoms with Crippen molar-refractivity contribution in [2.45, 2.75) is 26.4 Å². The van der Waals surface area contributed by atoms with Gasteiger partial charge in [-0.05, 0) is 44.5 Å². The van der Waals surface area contributed by atoms with Crippen LogP contribution in [-0.2, 0) is 9.47 Å². The van der Waals surface area contributed by atoms with Crippen LogP contribution in [0.25, 0.3) is 10.4 Å². The number of carbonyl (C=O) groups excluding carboxylic acids is 2. The first-order valence-corrected chi connectivity index (χ1v) is 7.74. The van der Waals surface area contributed by atoms with E-state index in [4.69, 9.17) is 9.47 Å². The molecule has 0 atom stereocenters. The van der Waals surface area contributed by atoms with Crippen LogP contribution in [-0.4, -0.2) is 29.8 Å². The third kappa shape index (κ3) is 4.53. The molecule has 0 spiro atoms. The fraction of sp³-hybridized carbons (Fsp3) is 0.312. The fourth-order valence-electron chi connectivity index (χ4n) is 1.80. The van der Waals surface area contributed by atoms with Crippen LogP contribution in [0.4, 0.5) is 9.80 Å². The van der Waals surface area contributed by atoms with E-state index in [9.17, 15) is 9.59 Å². The minimum absolute atomic E-state index is 0.287. The topological polar surface area (TPSA) is 77.5 Å². The molecule has 2 heterocycles. The number of hydrogen-bond donors (Lipinski definition) is 1. The molecule has 2 aromatic heterocycles. The molecule has 0 saturated carbocycles. The summed E-state index contributed by atoms with van der Waals surface area (Å²) in [5, 5.41) is 3.00. The fourth-order valence-corrected chi connectivity index (χ4v) is 2.84. The minimum atomic E-state index is -0.624. The first kappa shape index (κ1) is 17.0. The maximum atomic E-state index is 11.9. The van der Waals surface area contributed by atoms with Crippen molar-refractivity contribution in [2.24, 2.45) is 0 Å². The molecule has 0 fully saturated rings. The summed E-state index contributed by atoms with van der Waals surface area (Å²) >= 11 is 1.27. The van der Waals surface area contributed by atoms with Crippen molar-refractivity contribution in [2.75, 3.05) is 12.4 Å². The van der Waals surface area contributed by atoms with E-state index in [1.807, 2.05) is 12.1 Å². The van der Waals surface area contributed by atoms with Crippen LogP contribution >= 0.6 is 11.3 Å². The van der Waals surface area contributed by atoms with Gasteiger partial charge in [0.1, 0.15) is 10.6 Å². The minimum Gasteiger partial charge on any atom is -0.465 e. The van der Waals surface area contributed by atoms with Crippen LogP contribution in [0, 0.1) is 0 Å². The highest BCUT2D eigenvalue weighted by molar-refractivity contribution is 7.20. The highest BCUT2D eigenvalue weighted by atomic mass is 32.1. The Labute approximate surface area is 138 Å². The molecule has 0 saturated heterocycles. The van der Waals surface area contributed by atoms with Crippen LogP contribution in [0.2, 0.25) is 0 Å². The third-order valence-corrected chi connectivity index (χ3v) is 3.82. The van der Waals surface area contributed by atoms with Gasteiger partial charge in [-0.15, -0.1) is 11.3 Å². The number of pyridine rings is 1. The molecule has 0 aliphatic heterocycles. The number of nitrogens with one attached hydrogen (secondary N) is 1. The second-order valence-corrected chi connectivity index (χ2v) is 6.76. The maximum absolute atomic E-state index is 11.9. The summed E-state index contributed by atoms with van der Waals surface area (Å²) in [5.41, 5.74) is 0.559. The molecule has 0 aliphatic rings. The monoisotopic (exact) mass is 334 g/mol. The van der Waals surface area contributed by atoms with Crippen molar-refractivity contribution >= 4 is 28.4 Å². The standard InChI is InChI=1S/C16H18N2O4S/c1-16(2,3)22-15(20)18-13-11(14(19)21-4)9-12(23-13)10-5-7-17-8-6-10/h5-9H,1-4H3,(H,18,20). The number of hydrogen-bond acceptors (Lipinski definition) is 6. The number of anilines is 1. The lowest BCUT2D eigenvalue weighted by atomic mass is 10.2. The van der Waals surface area contributed by atoms with Crippen molar-refractivity contribution in [1.29, 1.82) is 0 Å². The molecule has 0 bridgehead atoms. The van der Waals surface area contributed by atoms with Crippen molar-refractivity contribution in [3.63, 3.8) is 0 Å². The first-order chi connectivity index (χ1) is 10.8. The zero-order valence-corrected chi connectivity index (χ0v) is 14.2. The summed E-state index contributed by atoms with van der Waals surface area (Å²) in [6.07, 6.45) is 2.70. The number of nitrogens with zero attached hydrogens (tertiary/aromatic N) is 1. The molecule has 0 unspecified atom stereocenters. The van der Waals surface area contributed by atoms with Gasteiger partial charge < -0.3 is 9.47 Å². The number of methoxy groups -OCH3 is 1. The first-order valence-electron chi connectivity index (χ1n) is 6.92. The predicted molar refractivity (Wildman–Crippen MR) is 88.7 cm³/mol. The normalized spacial score (nSPS) is 11.0. The smallest absolute Gasteiger partial charge is 0.412 e. The molecule has 1 amide bonds. The number of aromatic nitrogens is 1. The largest absolute Gasteiger partial charge is 0.465 e. The highest BCUT2D eigenvalue weighted by Gasteiger charge is 2.22. The predicted octanol–water partition coefficient (Wildman–Crippen LogP) is 3.94. The summed E-state index contributed by atoms with van der Waals surface area (Å²) in [6.45, 7) is 5.31. The highest BCUT2D eigenvalue weighted by Crippen LogP contribution is 2.35. The van der Waals surface area contributed by atoms with E-state index in [2.05, 4.69) is 10.3 Å². The van der Waals surface area contributed by atoms with Gasteiger partial charge >= 0.3 is 12.1 Å². The van der Waals surface area contributed by atoms with Gasteiger partial charge in [0.15, 0.2) is 0 Å². The van der Waals surface area contributed by atoms with Gasteiger partial charge in [-0.25, -0.2) is 9.59 Å². The third-order valence-electron chi connectivity index (χ3n) is 2.72. The lowest BCUT2D eigenvalue weighted by Gasteiger charge is -2.19. The van der Waals surface area contributed by atoms with E-state index in [0.29, 0.717) is 5.00 Å². The van der Waals surface area contributed by atoms with E-state index < -0.39 is 17.7 Å². The number of esters is 1. The molecule has 6 nitrogen and oxygen atoms in total. The van der Waals surface area contributed by atoms with E-state index >= 15 is 0 Å². The molecule has 0 aromatic carbocycles. The summed E-state index contributed by atoms with van der Waals surface area (Å²) in [6, 6.07) is 5.33. The maximum Gasteiger partial charge on any atom is 0.412 e. The molecule has 0 radical (unpaired) electrons. The Balaban J connectivity index is 2.32. The summed E-state index contributed by atoms with van der Waals surface area (Å²) in [4.78, 5) is 28.7. The second-order valence-electron chi connectivity index (χ2n) is 5.71. The quantitative estimate of drug-likeness (QED) is 0.860. The van der Waals surface area contributed by atoms with E-state index in [-0.39, 0.29) is 5.56 Å². The average molecular weight is 334 g/mol. The van der Waals surface area contributed by atoms with Crippen molar-refractivity contribution in [3.05, 3.63) is 36.2 Å². The zero-order chi connectivity index (χ0) is 17.0. The Bertz CT molecular complexity index is 705. The molecule has 7 heteroatoms. The average Bonchev–Trinajstić information content (AvgIpc) is 2.89. The SMILES string of the molecule is COC(=O)c1cc(-c2ccncc2)sc1NC(=O)OC(C)(C)C. The van der Waals surface area contributed by atoms with Crippen LogP contribution < -0.4 is 5.32 Å². The molecule has 1 N–H and O–H groups in total. The number of thiophene rings is 1. The Kier molecular flexibility index (Phi) is 5.00. The van der Waals surface area contributed by atoms with Crippen LogP contribution in [0.3, 0.4) is 0 Å². The lowest BCUT2D eigenvalue weighted by Crippen LogP contribution is -2.27. The van der Waals surface area contributed by atoms with Crippen molar-refractivity contribution in [1.82, 2.24) is 4.98 Å². The Morgan fingerprint density at radius 3 is 2.43 bits per heavy atom. The van der Waals surface area contributed by atoms with Gasteiger partial charge in [0.25, 0.3) is 0 Å². The van der Waals surface area contributed by atoms with E-state index in [1.54, 1.807) is 39.2 Å². The molecule has 122 valence electrons. The van der Waals surface area contributed by atoms with Crippen LogP contribution in [0.15, 0.2) is 30.6 Å². The number of rotatable bonds is 3.